The van der Waals surface area contributed by atoms with Crippen LogP contribution in [0.4, 0.5) is 114 Å². The van der Waals surface area contributed by atoms with Gasteiger partial charge in [-0.2, -0.15) is 114 Å². The highest BCUT2D eigenvalue weighted by Crippen LogP contribution is 2.62. The molecule has 0 heterocycles. The molecule has 58 heavy (non-hydrogen) atoms. The normalized spacial score (nSPS) is 16.6. The Morgan fingerprint density at radius 3 is 0.776 bits per heavy atom. The zero-order valence-electron chi connectivity index (χ0n) is 27.1. The lowest BCUT2D eigenvalue weighted by Gasteiger charge is -2.40. The zero-order valence-corrected chi connectivity index (χ0v) is 27.1. The van der Waals surface area contributed by atoms with Crippen LogP contribution in [0.3, 0.4) is 0 Å². The largest absolute Gasteiger partial charge is 0.480 e. The first-order valence-corrected chi connectivity index (χ1v) is 14.2. The first-order chi connectivity index (χ1) is 25.1. The van der Waals surface area contributed by atoms with Crippen molar-refractivity contribution < 1.29 is 144 Å². The number of rotatable bonds is 23. The van der Waals surface area contributed by atoms with Crippen molar-refractivity contribution in [2.45, 2.75) is 96.6 Å². The van der Waals surface area contributed by atoms with E-state index in [9.17, 15) is 134 Å². The third-order valence-corrected chi connectivity index (χ3v) is 7.37. The minimum Gasteiger partial charge on any atom is -0.480 e. The number of aliphatic hydroxyl groups is 2. The van der Waals surface area contributed by atoms with Gasteiger partial charge in [0, 0.05) is 39.0 Å². The lowest BCUT2D eigenvalue weighted by atomic mass is 9.91. The van der Waals surface area contributed by atoms with Crippen molar-refractivity contribution in [1.82, 2.24) is 9.80 Å². The fraction of sp³-hybridized carbons (Fsp3) is 0.917. The number of carbonyl (C=O) groups is 2. The molecule has 8 nitrogen and oxygen atoms in total. The van der Waals surface area contributed by atoms with E-state index in [-0.39, 0.29) is 9.80 Å². The minimum atomic E-state index is -8.35. The molecule has 0 aromatic rings. The van der Waals surface area contributed by atoms with Crippen LogP contribution in [0.1, 0.15) is 12.8 Å². The molecule has 0 amide bonds. The van der Waals surface area contributed by atoms with Crippen molar-refractivity contribution in [3.8, 4) is 0 Å². The molecule has 0 aliphatic heterocycles. The number of halogens is 26. The van der Waals surface area contributed by atoms with Gasteiger partial charge in [-0.3, -0.25) is 19.4 Å². The smallest absolute Gasteiger partial charge is 0.460 e. The number of hydrogen-bond acceptors (Lipinski definition) is 6. The van der Waals surface area contributed by atoms with Crippen LogP contribution in [0.2, 0.25) is 0 Å². The van der Waals surface area contributed by atoms with Gasteiger partial charge in [0.25, 0.3) is 0 Å². The fourth-order valence-corrected chi connectivity index (χ4v) is 4.31. The molecule has 346 valence electrons. The summed E-state index contributed by atoms with van der Waals surface area (Å²) in [5.74, 6) is -83.7. The standard InChI is InChI=1S/C24H22F26N2O6/c25-13(26,15(29,30)17(33,34)19(37,38)21(41,42)23(45,46)47)3-9(53)5-51(7-11(55)56)1-2-52(8-12(57)58)6-10(54)4-14(27,28)16(31,32)18(35,36)20(39,40)22(43,44)24(48,49)50/h9-10,53-54H,1-8H2,(H,55,56)(H,57,58). The third-order valence-electron chi connectivity index (χ3n) is 7.37. The maximum atomic E-state index is 14.2. The molecule has 4 N–H and O–H groups in total. The summed E-state index contributed by atoms with van der Waals surface area (Å²) >= 11 is 0. The van der Waals surface area contributed by atoms with Crippen LogP contribution in [0.25, 0.3) is 0 Å². The molecule has 0 aliphatic carbocycles. The lowest BCUT2D eigenvalue weighted by molar-refractivity contribution is -0.440. The van der Waals surface area contributed by atoms with E-state index in [1.807, 2.05) is 0 Å². The Hall–Kier alpha value is -3.04. The molecule has 2 unspecified atom stereocenters. The van der Waals surface area contributed by atoms with Gasteiger partial charge in [-0.25, -0.2) is 0 Å². The van der Waals surface area contributed by atoms with E-state index in [0.717, 1.165) is 0 Å². The Morgan fingerprint density at radius 2 is 0.586 bits per heavy atom. The quantitative estimate of drug-likeness (QED) is 0.0833. The van der Waals surface area contributed by atoms with E-state index >= 15 is 0 Å². The van der Waals surface area contributed by atoms with E-state index in [4.69, 9.17) is 10.2 Å². The summed E-state index contributed by atoms with van der Waals surface area (Å²) in [4.78, 5) is 22.0. The topological polar surface area (TPSA) is 122 Å². The van der Waals surface area contributed by atoms with Gasteiger partial charge in [0.1, 0.15) is 0 Å². The van der Waals surface area contributed by atoms with Gasteiger partial charge in [0.15, 0.2) is 0 Å². The molecule has 0 aromatic heterocycles. The minimum absolute atomic E-state index is 0.0841. The number of carboxylic acid groups (broad SMARTS) is 2. The second-order valence-electron chi connectivity index (χ2n) is 12.0. The van der Waals surface area contributed by atoms with Gasteiger partial charge in [0.05, 0.1) is 25.3 Å². The van der Waals surface area contributed by atoms with E-state index in [1.54, 1.807) is 0 Å². The predicted octanol–water partition coefficient (Wildman–Crippen LogP) is 6.74. The van der Waals surface area contributed by atoms with Crippen molar-refractivity contribution in [2.75, 3.05) is 39.3 Å². The van der Waals surface area contributed by atoms with Crippen molar-refractivity contribution in [3.05, 3.63) is 0 Å². The molecule has 0 spiro atoms. The lowest BCUT2D eigenvalue weighted by Crippen LogP contribution is -2.70. The van der Waals surface area contributed by atoms with Gasteiger partial charge < -0.3 is 20.4 Å². The third kappa shape index (κ3) is 10.3. The molecule has 2 atom stereocenters. The Kier molecular flexibility index (Phi) is 15.9. The van der Waals surface area contributed by atoms with Crippen LogP contribution in [0.5, 0.6) is 0 Å². The summed E-state index contributed by atoms with van der Waals surface area (Å²) in [5.41, 5.74) is 0. The molecule has 0 fully saturated rings. The summed E-state index contributed by atoms with van der Waals surface area (Å²) in [6, 6.07) is 0. The van der Waals surface area contributed by atoms with E-state index in [2.05, 4.69) is 0 Å². The van der Waals surface area contributed by atoms with E-state index in [1.165, 1.54) is 0 Å². The predicted molar refractivity (Wildman–Crippen MR) is 131 cm³/mol. The highest BCUT2D eigenvalue weighted by atomic mass is 19.4. The molecule has 0 bridgehead atoms. The highest BCUT2D eigenvalue weighted by molar-refractivity contribution is 5.69. The molecule has 0 saturated carbocycles. The Balaban J connectivity index is 6.32. The highest BCUT2D eigenvalue weighted by Gasteiger charge is 2.92. The monoisotopic (exact) mass is 928 g/mol. The van der Waals surface area contributed by atoms with Crippen LogP contribution >= 0.6 is 0 Å². The number of carboxylic acids is 2. The summed E-state index contributed by atoms with van der Waals surface area (Å²) in [6.07, 6.45) is -29.1. The number of hydrogen-bond donors (Lipinski definition) is 4. The van der Waals surface area contributed by atoms with Crippen LogP contribution in [-0.2, 0) is 9.59 Å². The first-order valence-electron chi connectivity index (χ1n) is 14.2. The zero-order chi connectivity index (χ0) is 47.1. The molecular formula is C24H22F26N2O6. The van der Waals surface area contributed by atoms with E-state index in [0.29, 0.717) is 0 Å². The van der Waals surface area contributed by atoms with Crippen LogP contribution in [0.15, 0.2) is 0 Å². The molecule has 0 aromatic carbocycles. The fourth-order valence-electron chi connectivity index (χ4n) is 4.31. The van der Waals surface area contributed by atoms with Crippen LogP contribution < -0.4 is 0 Å². The molecule has 0 saturated heterocycles. The Bertz CT molecular complexity index is 1310. The number of nitrogens with zero attached hydrogens (tertiary/aromatic N) is 2. The molecular weight excluding hydrogens is 906 g/mol. The Morgan fingerprint density at radius 1 is 0.379 bits per heavy atom. The number of aliphatic carboxylic acids is 2. The van der Waals surface area contributed by atoms with Gasteiger partial charge >= 0.3 is 83.5 Å². The Labute approximate surface area is 302 Å². The van der Waals surface area contributed by atoms with Crippen molar-refractivity contribution in [1.29, 1.82) is 0 Å². The maximum absolute atomic E-state index is 14.2. The van der Waals surface area contributed by atoms with E-state index < -0.39 is 148 Å². The second-order valence-corrected chi connectivity index (χ2v) is 12.0. The van der Waals surface area contributed by atoms with Crippen molar-refractivity contribution in [3.63, 3.8) is 0 Å². The molecule has 0 radical (unpaired) electrons. The van der Waals surface area contributed by atoms with Crippen LogP contribution in [-0.4, -0.2) is 165 Å². The van der Waals surface area contributed by atoms with Gasteiger partial charge in [-0.05, 0) is 0 Å². The van der Waals surface area contributed by atoms with Gasteiger partial charge in [-0.1, -0.05) is 0 Å². The van der Waals surface area contributed by atoms with Gasteiger partial charge in [-0.15, -0.1) is 0 Å². The number of aliphatic hydroxyl groups excluding tert-OH is 2. The maximum Gasteiger partial charge on any atom is 0.460 e. The first kappa shape index (κ1) is 55.0. The summed E-state index contributed by atoms with van der Waals surface area (Å²) in [5, 5.41) is 37.3. The number of alkyl halides is 26. The summed E-state index contributed by atoms with van der Waals surface area (Å²) in [7, 11) is 0. The average molecular weight is 928 g/mol. The molecule has 34 heteroatoms. The van der Waals surface area contributed by atoms with Crippen molar-refractivity contribution in [2.24, 2.45) is 0 Å². The second kappa shape index (κ2) is 16.8. The van der Waals surface area contributed by atoms with Crippen molar-refractivity contribution >= 4 is 11.9 Å². The van der Waals surface area contributed by atoms with Crippen LogP contribution in [0, 0.1) is 0 Å². The molecule has 0 aliphatic rings. The average Bonchev–Trinajstić information content (AvgIpc) is 2.96. The molecule has 0 rings (SSSR count). The SMILES string of the molecule is O=C(O)CN(CCN(CC(=O)O)CC(O)CC(F)(F)C(F)(F)C(F)(F)C(F)(F)C(F)(F)C(F)(F)F)CC(O)CC(F)(F)C(F)(F)C(F)(F)C(F)(F)C(F)(F)C(F)(F)F. The van der Waals surface area contributed by atoms with Gasteiger partial charge in [0.2, 0.25) is 0 Å². The summed E-state index contributed by atoms with van der Waals surface area (Å²) < 4.78 is 347. The summed E-state index contributed by atoms with van der Waals surface area (Å²) in [6.45, 7) is -10.2.